The minimum atomic E-state index is 0.521. The highest BCUT2D eigenvalue weighted by Gasteiger charge is 2.23. The summed E-state index contributed by atoms with van der Waals surface area (Å²) in [5.41, 5.74) is 4.19. The van der Waals surface area contributed by atoms with Crippen molar-refractivity contribution in [1.29, 1.82) is 0 Å². The zero-order valence-corrected chi connectivity index (χ0v) is 13.2. The molecule has 110 valence electrons. The van der Waals surface area contributed by atoms with Crippen LogP contribution in [0.3, 0.4) is 0 Å². The van der Waals surface area contributed by atoms with Gasteiger partial charge < -0.3 is 5.32 Å². The van der Waals surface area contributed by atoms with Crippen LogP contribution in [0.2, 0.25) is 5.02 Å². The van der Waals surface area contributed by atoms with E-state index in [4.69, 9.17) is 11.6 Å². The summed E-state index contributed by atoms with van der Waals surface area (Å²) in [5, 5.41) is 4.50. The van der Waals surface area contributed by atoms with E-state index in [1.807, 2.05) is 12.1 Å². The van der Waals surface area contributed by atoms with Gasteiger partial charge in [0, 0.05) is 23.5 Å². The number of hydrogen-bond acceptors (Lipinski definition) is 1. The van der Waals surface area contributed by atoms with Gasteiger partial charge in [0.15, 0.2) is 0 Å². The molecule has 0 radical (unpaired) electrons. The molecule has 2 aromatic rings. The van der Waals surface area contributed by atoms with E-state index in [9.17, 15) is 0 Å². The monoisotopic (exact) mass is 299 g/mol. The molecule has 1 aliphatic carbocycles. The normalized spacial score (nSPS) is 15.9. The van der Waals surface area contributed by atoms with Crippen LogP contribution in [0.4, 0.5) is 0 Å². The Balaban J connectivity index is 1.77. The highest BCUT2D eigenvalue weighted by molar-refractivity contribution is 6.30. The third kappa shape index (κ3) is 4.09. The summed E-state index contributed by atoms with van der Waals surface area (Å²) in [6, 6.07) is 17.8. The van der Waals surface area contributed by atoms with Crippen molar-refractivity contribution in [2.75, 3.05) is 6.54 Å². The Bertz CT molecular complexity index is 587. The van der Waals surface area contributed by atoms with Gasteiger partial charge in [-0.05, 0) is 55.0 Å². The molecule has 0 heterocycles. The maximum absolute atomic E-state index is 5.99. The smallest absolute Gasteiger partial charge is 0.0406 e. The Morgan fingerprint density at radius 1 is 1.10 bits per heavy atom. The highest BCUT2D eigenvalue weighted by atomic mass is 35.5. The topological polar surface area (TPSA) is 12.0 Å². The van der Waals surface area contributed by atoms with Crippen molar-refractivity contribution in [3.8, 4) is 0 Å². The van der Waals surface area contributed by atoms with E-state index in [0.717, 1.165) is 24.0 Å². The van der Waals surface area contributed by atoms with E-state index < -0.39 is 0 Å². The lowest BCUT2D eigenvalue weighted by Crippen LogP contribution is -2.25. The molecule has 3 rings (SSSR count). The van der Waals surface area contributed by atoms with Crippen molar-refractivity contribution in [2.24, 2.45) is 0 Å². The van der Waals surface area contributed by atoms with E-state index in [1.165, 1.54) is 29.5 Å². The SMILES string of the molecule is Cc1ccccc1C(CNC1CC1)Cc1ccc(Cl)cc1. The molecule has 1 N–H and O–H groups in total. The molecule has 0 saturated heterocycles. The predicted octanol–water partition coefficient (Wildman–Crippen LogP) is 4.73. The van der Waals surface area contributed by atoms with Gasteiger partial charge in [0.25, 0.3) is 0 Å². The third-order valence-corrected chi connectivity index (χ3v) is 4.51. The van der Waals surface area contributed by atoms with Crippen molar-refractivity contribution in [3.63, 3.8) is 0 Å². The van der Waals surface area contributed by atoms with Crippen molar-refractivity contribution < 1.29 is 0 Å². The number of aryl methyl sites for hydroxylation is 1. The first kappa shape index (κ1) is 14.6. The largest absolute Gasteiger partial charge is 0.313 e. The molecule has 0 spiro atoms. The average Bonchev–Trinajstić information content (AvgIpc) is 3.30. The van der Waals surface area contributed by atoms with E-state index >= 15 is 0 Å². The Kier molecular flexibility index (Phi) is 4.62. The van der Waals surface area contributed by atoms with Crippen LogP contribution in [0.5, 0.6) is 0 Å². The minimum Gasteiger partial charge on any atom is -0.313 e. The highest BCUT2D eigenvalue weighted by Crippen LogP contribution is 2.26. The third-order valence-electron chi connectivity index (χ3n) is 4.25. The molecule has 2 aromatic carbocycles. The van der Waals surface area contributed by atoms with Gasteiger partial charge >= 0.3 is 0 Å². The van der Waals surface area contributed by atoms with E-state index in [0.29, 0.717) is 5.92 Å². The second-order valence-electron chi connectivity index (χ2n) is 6.07. The van der Waals surface area contributed by atoms with Gasteiger partial charge in [-0.25, -0.2) is 0 Å². The standard InChI is InChI=1S/C19H22ClN/c1-14-4-2-3-5-19(14)16(13-21-18-10-11-18)12-15-6-8-17(20)9-7-15/h2-9,16,18,21H,10-13H2,1H3. The summed E-state index contributed by atoms with van der Waals surface area (Å²) < 4.78 is 0. The van der Waals surface area contributed by atoms with Gasteiger partial charge in [0.1, 0.15) is 0 Å². The van der Waals surface area contributed by atoms with E-state index in [-0.39, 0.29) is 0 Å². The van der Waals surface area contributed by atoms with Crippen LogP contribution in [-0.2, 0) is 6.42 Å². The van der Waals surface area contributed by atoms with Crippen molar-refractivity contribution >= 4 is 11.6 Å². The lowest BCUT2D eigenvalue weighted by Gasteiger charge is -2.20. The molecule has 2 heteroatoms. The minimum absolute atomic E-state index is 0.521. The molecule has 1 fully saturated rings. The number of nitrogens with one attached hydrogen (secondary N) is 1. The number of benzene rings is 2. The first-order valence-electron chi connectivity index (χ1n) is 7.76. The van der Waals surface area contributed by atoms with Crippen LogP contribution in [-0.4, -0.2) is 12.6 Å². The fourth-order valence-corrected chi connectivity index (χ4v) is 2.96. The van der Waals surface area contributed by atoms with Gasteiger partial charge in [0.05, 0.1) is 0 Å². The summed E-state index contributed by atoms with van der Waals surface area (Å²) in [5.74, 6) is 0.521. The molecule has 21 heavy (non-hydrogen) atoms. The molecule has 0 aromatic heterocycles. The van der Waals surface area contributed by atoms with Gasteiger partial charge in [-0.2, -0.15) is 0 Å². The zero-order chi connectivity index (χ0) is 14.7. The fraction of sp³-hybridized carbons (Fsp3) is 0.368. The molecular weight excluding hydrogens is 278 g/mol. The van der Waals surface area contributed by atoms with Gasteiger partial charge in [-0.15, -0.1) is 0 Å². The number of hydrogen-bond donors (Lipinski definition) is 1. The van der Waals surface area contributed by atoms with Crippen LogP contribution in [0.1, 0.15) is 35.4 Å². The predicted molar refractivity (Wildman–Crippen MR) is 90.1 cm³/mol. The van der Waals surface area contributed by atoms with Gasteiger partial charge in [-0.1, -0.05) is 48.0 Å². The Morgan fingerprint density at radius 2 is 1.81 bits per heavy atom. The van der Waals surface area contributed by atoms with Crippen LogP contribution < -0.4 is 5.32 Å². The maximum Gasteiger partial charge on any atom is 0.0406 e. The first-order valence-corrected chi connectivity index (χ1v) is 8.13. The quantitative estimate of drug-likeness (QED) is 0.813. The molecule has 1 saturated carbocycles. The summed E-state index contributed by atoms with van der Waals surface area (Å²) in [6.45, 7) is 3.26. The summed E-state index contributed by atoms with van der Waals surface area (Å²) in [4.78, 5) is 0. The van der Waals surface area contributed by atoms with Crippen molar-refractivity contribution in [1.82, 2.24) is 5.32 Å². The fourth-order valence-electron chi connectivity index (χ4n) is 2.84. The summed E-state index contributed by atoms with van der Waals surface area (Å²) >= 11 is 5.99. The van der Waals surface area contributed by atoms with Crippen molar-refractivity contribution in [2.45, 2.75) is 38.1 Å². The Labute approximate surface area is 132 Å². The van der Waals surface area contributed by atoms with Crippen LogP contribution >= 0.6 is 11.6 Å². The van der Waals surface area contributed by atoms with Gasteiger partial charge in [0.2, 0.25) is 0 Å². The second-order valence-corrected chi connectivity index (χ2v) is 6.50. The maximum atomic E-state index is 5.99. The second kappa shape index (κ2) is 6.64. The zero-order valence-electron chi connectivity index (χ0n) is 12.5. The lowest BCUT2D eigenvalue weighted by molar-refractivity contribution is 0.575. The van der Waals surface area contributed by atoms with Crippen LogP contribution in [0, 0.1) is 6.92 Å². The number of rotatable bonds is 6. The molecule has 1 atom stereocenters. The molecule has 0 amide bonds. The van der Waals surface area contributed by atoms with E-state index in [2.05, 4.69) is 48.6 Å². The summed E-state index contributed by atoms with van der Waals surface area (Å²) in [6.07, 6.45) is 3.73. The lowest BCUT2D eigenvalue weighted by atomic mass is 9.89. The first-order chi connectivity index (χ1) is 10.2. The average molecular weight is 300 g/mol. The molecule has 0 aliphatic heterocycles. The van der Waals surface area contributed by atoms with Crippen LogP contribution in [0.15, 0.2) is 48.5 Å². The molecule has 1 unspecified atom stereocenters. The molecule has 0 bridgehead atoms. The number of halogens is 1. The summed E-state index contributed by atoms with van der Waals surface area (Å²) in [7, 11) is 0. The molecule has 1 nitrogen and oxygen atoms in total. The van der Waals surface area contributed by atoms with Crippen molar-refractivity contribution in [3.05, 3.63) is 70.2 Å². The molecule has 1 aliphatic rings. The molecular formula is C19H22ClN. The Hall–Kier alpha value is -1.31. The van der Waals surface area contributed by atoms with E-state index in [1.54, 1.807) is 0 Å². The van der Waals surface area contributed by atoms with Gasteiger partial charge in [-0.3, -0.25) is 0 Å². The Morgan fingerprint density at radius 3 is 2.48 bits per heavy atom. The van der Waals surface area contributed by atoms with Crippen LogP contribution in [0.25, 0.3) is 0 Å².